The first-order valence-electron chi connectivity index (χ1n) is 28.4. The van der Waals surface area contributed by atoms with Gasteiger partial charge >= 0.3 is 0 Å². The summed E-state index contributed by atoms with van der Waals surface area (Å²) in [6.45, 7) is -1.43. The highest BCUT2D eigenvalue weighted by molar-refractivity contribution is 5.79. The van der Waals surface area contributed by atoms with Gasteiger partial charge in [-0.25, -0.2) is 0 Å². The van der Waals surface area contributed by atoms with Crippen molar-refractivity contribution in [3.8, 4) is 23.0 Å². The standard InChI is InChI=1S/C68H68N12O8/c1-77(2)61(81)41-85-65-45-29-47-35-58(74-70-54-23-15-10-16-24-54)37-49(66(47)86-42-62(82)78(3)4)31-51-39-60(76-72-56-27-19-12-20-28-56)40-52(68(51)88-44-64(84)80(7)8)32-50-38-59(75-71-55-25-17-11-18-26-55)36-48(67(50)87-43-63(83)79(5)6)30-46(65)34-57(33-45)73-69-53-21-13-9-14-22-53/h9-28,33-40H,29-32,41-44H2,1-8H3. The van der Waals surface area contributed by atoms with E-state index in [4.69, 9.17) is 39.4 Å². The van der Waals surface area contributed by atoms with Gasteiger partial charge in [0.05, 0.1) is 45.5 Å². The number of hydrogen-bond acceptors (Lipinski definition) is 16. The fraction of sp³-hybridized carbons (Fsp3) is 0.235. The zero-order valence-corrected chi connectivity index (χ0v) is 50.5. The van der Waals surface area contributed by atoms with Crippen LogP contribution in [0.4, 0.5) is 45.5 Å². The number of ether oxygens (including phenoxy) is 4. The molecule has 9 rings (SSSR count). The van der Waals surface area contributed by atoms with Crippen molar-refractivity contribution in [1.82, 2.24) is 19.6 Å². The van der Waals surface area contributed by atoms with Gasteiger partial charge in [-0.1, -0.05) is 72.8 Å². The topological polar surface area (TPSA) is 217 Å². The third-order valence-electron chi connectivity index (χ3n) is 13.9. The minimum absolute atomic E-state index is 0.0366. The quantitative estimate of drug-likeness (QED) is 0.0667. The van der Waals surface area contributed by atoms with Gasteiger partial charge in [-0.3, -0.25) is 19.2 Å². The Morgan fingerprint density at radius 2 is 0.432 bits per heavy atom. The molecule has 8 aromatic rings. The Hall–Kier alpha value is -10.8. The molecule has 448 valence electrons. The smallest absolute Gasteiger partial charge is 0.259 e. The lowest BCUT2D eigenvalue weighted by Crippen LogP contribution is -2.28. The van der Waals surface area contributed by atoms with Crippen molar-refractivity contribution in [2.45, 2.75) is 25.7 Å². The van der Waals surface area contributed by atoms with Crippen molar-refractivity contribution in [1.29, 1.82) is 0 Å². The van der Waals surface area contributed by atoms with E-state index in [0.29, 0.717) is 113 Å². The van der Waals surface area contributed by atoms with Crippen LogP contribution in [-0.4, -0.2) is 126 Å². The predicted molar refractivity (Wildman–Crippen MR) is 336 cm³/mol. The van der Waals surface area contributed by atoms with Gasteiger partial charge in [0.15, 0.2) is 26.4 Å². The number of carbonyl (C=O) groups excluding carboxylic acids is 4. The number of carbonyl (C=O) groups is 4. The van der Waals surface area contributed by atoms with Crippen LogP contribution in [0.25, 0.3) is 0 Å². The molecule has 1 aliphatic carbocycles. The van der Waals surface area contributed by atoms with Crippen LogP contribution in [0.5, 0.6) is 23.0 Å². The normalized spacial score (nSPS) is 12.1. The molecular formula is C68H68N12O8. The molecule has 0 atom stereocenters. The van der Waals surface area contributed by atoms with Gasteiger partial charge in [-0.15, -0.1) is 0 Å². The summed E-state index contributed by atoms with van der Waals surface area (Å²) < 4.78 is 27.1. The van der Waals surface area contributed by atoms with E-state index in [1.54, 1.807) is 56.4 Å². The Morgan fingerprint density at radius 1 is 0.273 bits per heavy atom. The third kappa shape index (κ3) is 16.8. The summed E-state index contributed by atoms with van der Waals surface area (Å²) in [6.07, 6.45) is 0.146. The average Bonchev–Trinajstić information content (AvgIpc) is 2.33. The maximum absolute atomic E-state index is 13.7. The lowest BCUT2D eigenvalue weighted by atomic mass is 9.90. The number of likely N-dealkylation sites (N-methyl/N-ethyl adjacent to an activating group) is 4. The number of rotatable bonds is 20. The molecule has 0 aromatic heterocycles. The molecule has 0 unspecified atom stereocenters. The van der Waals surface area contributed by atoms with Gasteiger partial charge in [0.25, 0.3) is 23.6 Å². The molecule has 0 saturated carbocycles. The lowest BCUT2D eigenvalue weighted by molar-refractivity contribution is -0.131. The van der Waals surface area contributed by atoms with Gasteiger partial charge in [-0.2, -0.15) is 40.9 Å². The minimum Gasteiger partial charge on any atom is -0.483 e. The van der Waals surface area contributed by atoms with Crippen LogP contribution in [0, 0.1) is 0 Å². The van der Waals surface area contributed by atoms with Crippen LogP contribution >= 0.6 is 0 Å². The monoisotopic (exact) mass is 1180 g/mol. The second kappa shape index (κ2) is 29.4. The van der Waals surface area contributed by atoms with Gasteiger partial charge in [0.1, 0.15) is 23.0 Å². The molecule has 4 amide bonds. The van der Waals surface area contributed by atoms with E-state index >= 15 is 0 Å². The molecule has 20 nitrogen and oxygen atoms in total. The van der Waals surface area contributed by atoms with Gasteiger partial charge in [-0.05, 0) is 97.1 Å². The van der Waals surface area contributed by atoms with Crippen molar-refractivity contribution in [3.05, 3.63) is 214 Å². The highest BCUT2D eigenvalue weighted by Gasteiger charge is 2.27. The van der Waals surface area contributed by atoms with E-state index in [0.717, 1.165) is 0 Å². The molecule has 0 N–H and O–H groups in total. The third-order valence-corrected chi connectivity index (χ3v) is 13.9. The minimum atomic E-state index is -0.357. The largest absolute Gasteiger partial charge is 0.483 e. The van der Waals surface area contributed by atoms with Crippen LogP contribution in [0.2, 0.25) is 0 Å². The highest BCUT2D eigenvalue weighted by Crippen LogP contribution is 2.44. The molecule has 0 aliphatic heterocycles. The summed E-state index contributed by atoms with van der Waals surface area (Å²) >= 11 is 0. The van der Waals surface area contributed by atoms with Crippen LogP contribution in [-0.2, 0) is 44.9 Å². The number of amides is 4. The summed E-state index contributed by atoms with van der Waals surface area (Å²) in [6, 6.07) is 51.9. The molecule has 0 fully saturated rings. The maximum atomic E-state index is 13.7. The van der Waals surface area contributed by atoms with E-state index in [-0.39, 0.29) is 75.7 Å². The average molecular weight is 1180 g/mol. The molecule has 8 bridgehead atoms. The highest BCUT2D eigenvalue weighted by atomic mass is 16.5. The number of hydrogen-bond donors (Lipinski definition) is 0. The second-order valence-corrected chi connectivity index (χ2v) is 21.5. The van der Waals surface area contributed by atoms with Crippen LogP contribution in [0.1, 0.15) is 44.5 Å². The first kappa shape index (κ1) is 61.8. The Labute approximate surface area is 511 Å². The van der Waals surface area contributed by atoms with E-state index < -0.39 is 0 Å². The number of nitrogens with zero attached hydrogens (tertiary/aromatic N) is 12. The fourth-order valence-electron chi connectivity index (χ4n) is 9.28. The molecule has 88 heavy (non-hydrogen) atoms. The van der Waals surface area contributed by atoms with Crippen LogP contribution in [0.3, 0.4) is 0 Å². The Morgan fingerprint density at radius 3 is 0.591 bits per heavy atom. The molecule has 0 saturated heterocycles. The Balaban J connectivity index is 1.40. The van der Waals surface area contributed by atoms with Gasteiger partial charge < -0.3 is 38.5 Å². The van der Waals surface area contributed by atoms with E-state index in [1.807, 2.05) is 170 Å². The molecule has 20 heteroatoms. The number of benzene rings is 8. The summed E-state index contributed by atoms with van der Waals surface area (Å²) in [5.74, 6) is 0.0995. The summed E-state index contributed by atoms with van der Waals surface area (Å²) in [4.78, 5) is 60.6. The van der Waals surface area contributed by atoms with Crippen molar-refractivity contribution >= 4 is 69.1 Å². The van der Waals surface area contributed by atoms with E-state index in [1.165, 1.54) is 19.6 Å². The van der Waals surface area contributed by atoms with Crippen molar-refractivity contribution in [2.24, 2.45) is 40.9 Å². The van der Waals surface area contributed by atoms with Crippen molar-refractivity contribution in [2.75, 3.05) is 82.8 Å². The zero-order chi connectivity index (χ0) is 62.1. The molecule has 1 aliphatic rings. The molecule has 0 radical (unpaired) electrons. The first-order chi connectivity index (χ1) is 42.5. The molecule has 0 spiro atoms. The molecule has 0 heterocycles. The van der Waals surface area contributed by atoms with E-state index in [2.05, 4.69) is 20.5 Å². The summed E-state index contributed by atoms with van der Waals surface area (Å²) in [5, 5.41) is 37.9. The second-order valence-electron chi connectivity index (χ2n) is 21.5. The van der Waals surface area contributed by atoms with E-state index in [9.17, 15) is 19.2 Å². The summed E-state index contributed by atoms with van der Waals surface area (Å²) in [5.41, 5.74) is 8.51. The predicted octanol–water partition coefficient (Wildman–Crippen LogP) is 13.9. The fourth-order valence-corrected chi connectivity index (χ4v) is 9.28. The molecular weight excluding hydrogens is 1110 g/mol. The van der Waals surface area contributed by atoms with Crippen molar-refractivity contribution < 1.29 is 38.1 Å². The Bertz CT molecular complexity index is 3310. The number of azo groups is 4. The molecule has 8 aromatic carbocycles. The SMILES string of the molecule is CN(C)C(=O)COc1c2cc(N=Nc3ccccc3)cc1Cc1cc(N=Nc3ccccc3)cc(c1OCC(=O)N(C)C)Cc1cc(N=Nc3ccccc3)cc(c1OCC(=O)N(C)C)Cc1cc(N=Nc3ccccc3)cc(c1OCC(=O)N(C)C)C2. The number of fused-ring (bicyclic) bond motifs is 8. The first-order valence-corrected chi connectivity index (χ1v) is 28.4. The lowest BCUT2D eigenvalue weighted by Gasteiger charge is -2.24. The van der Waals surface area contributed by atoms with Gasteiger partial charge in [0.2, 0.25) is 0 Å². The summed E-state index contributed by atoms with van der Waals surface area (Å²) in [7, 11) is 13.2. The zero-order valence-electron chi connectivity index (χ0n) is 50.5. The van der Waals surface area contributed by atoms with Crippen molar-refractivity contribution in [3.63, 3.8) is 0 Å². The van der Waals surface area contributed by atoms with Crippen LogP contribution < -0.4 is 18.9 Å². The Kier molecular flexibility index (Phi) is 20.6. The maximum Gasteiger partial charge on any atom is 0.259 e. The van der Waals surface area contributed by atoms with Crippen LogP contribution in [0.15, 0.2) is 211 Å². The van der Waals surface area contributed by atoms with Gasteiger partial charge in [0, 0.05) is 127 Å².